The topological polar surface area (TPSA) is 52.0 Å². The molecule has 4 nitrogen and oxygen atoms in total. The second-order valence-corrected chi connectivity index (χ2v) is 5.19. The molecule has 0 saturated carbocycles. The first-order valence-electron chi connectivity index (χ1n) is 4.81. The van der Waals surface area contributed by atoms with Gasteiger partial charge >= 0.3 is 10.2 Å². The minimum atomic E-state index is -4.64. The molecule has 6 heteroatoms. The molecule has 0 atom stereocenters. The van der Waals surface area contributed by atoms with Crippen molar-refractivity contribution in [1.29, 1.82) is 0 Å². The Labute approximate surface area is 92.9 Å². The summed E-state index contributed by atoms with van der Waals surface area (Å²) in [7, 11) is -4.64. The van der Waals surface area contributed by atoms with Crippen LogP contribution in [0.1, 0.15) is 19.9 Å². The molecule has 0 aliphatic carbocycles. The molecule has 0 amide bonds. The average molecular weight is 242 g/mol. The van der Waals surface area contributed by atoms with Crippen LogP contribution in [0.4, 0.5) is 3.89 Å². The van der Waals surface area contributed by atoms with Crippen LogP contribution in [0.15, 0.2) is 29.3 Å². The van der Waals surface area contributed by atoms with Gasteiger partial charge in [-0.2, -0.15) is 13.5 Å². The lowest BCUT2D eigenvalue weighted by Gasteiger charge is -2.06. The number of hydrogen-bond acceptors (Lipinski definition) is 3. The van der Waals surface area contributed by atoms with Crippen LogP contribution in [0, 0.1) is 0 Å². The highest BCUT2D eigenvalue weighted by Gasteiger charge is 2.14. The molecule has 0 unspecified atom stereocenters. The molecule has 0 saturated heterocycles. The number of halogens is 1. The third-order valence-corrected chi connectivity index (χ3v) is 3.15. The summed E-state index contributed by atoms with van der Waals surface area (Å²) < 4.78 is 36.0. The van der Waals surface area contributed by atoms with Crippen molar-refractivity contribution in [2.24, 2.45) is 0 Å². The van der Waals surface area contributed by atoms with Gasteiger partial charge in [-0.05, 0) is 32.0 Å². The van der Waals surface area contributed by atoms with Crippen molar-refractivity contribution in [3.8, 4) is 0 Å². The molecular formula is C10H11FN2O2S. The maximum absolute atomic E-state index is 12.8. The maximum atomic E-state index is 12.8. The summed E-state index contributed by atoms with van der Waals surface area (Å²) in [5.41, 5.74) is 0.794. The largest absolute Gasteiger partial charge is 0.332 e. The van der Waals surface area contributed by atoms with Crippen LogP contribution in [0.25, 0.3) is 10.9 Å². The number of rotatable bonds is 2. The van der Waals surface area contributed by atoms with E-state index in [9.17, 15) is 12.3 Å². The van der Waals surface area contributed by atoms with E-state index in [1.807, 2.05) is 13.8 Å². The summed E-state index contributed by atoms with van der Waals surface area (Å²) in [6.45, 7) is 3.93. The van der Waals surface area contributed by atoms with Crippen LogP contribution in [0.2, 0.25) is 0 Å². The zero-order valence-corrected chi connectivity index (χ0v) is 9.70. The number of aromatic nitrogens is 2. The summed E-state index contributed by atoms with van der Waals surface area (Å²) in [5, 5.41) is 4.74. The fourth-order valence-corrected chi connectivity index (χ4v) is 2.09. The molecular weight excluding hydrogens is 231 g/mol. The number of nitrogens with zero attached hydrogens (tertiary/aromatic N) is 2. The van der Waals surface area contributed by atoms with Crippen LogP contribution >= 0.6 is 0 Å². The van der Waals surface area contributed by atoms with Gasteiger partial charge in [-0.25, -0.2) is 0 Å². The Morgan fingerprint density at radius 3 is 2.62 bits per heavy atom. The van der Waals surface area contributed by atoms with Gasteiger partial charge in [-0.3, -0.25) is 4.68 Å². The summed E-state index contributed by atoms with van der Waals surface area (Å²) in [4.78, 5) is -0.330. The van der Waals surface area contributed by atoms with Crippen molar-refractivity contribution in [2.75, 3.05) is 0 Å². The van der Waals surface area contributed by atoms with Gasteiger partial charge in [0.05, 0.1) is 16.6 Å². The molecule has 0 fully saturated rings. The third kappa shape index (κ3) is 1.80. The van der Waals surface area contributed by atoms with Crippen LogP contribution < -0.4 is 0 Å². The van der Waals surface area contributed by atoms with Gasteiger partial charge in [-0.1, -0.05) is 0 Å². The first kappa shape index (κ1) is 11.1. The van der Waals surface area contributed by atoms with E-state index in [-0.39, 0.29) is 10.9 Å². The smallest absolute Gasteiger partial charge is 0.262 e. The molecule has 86 valence electrons. The van der Waals surface area contributed by atoms with E-state index < -0.39 is 10.2 Å². The number of hydrogen-bond donors (Lipinski definition) is 0. The molecule has 0 aliphatic rings. The van der Waals surface area contributed by atoms with Gasteiger partial charge < -0.3 is 0 Å². The van der Waals surface area contributed by atoms with Crippen LogP contribution in [0.3, 0.4) is 0 Å². The zero-order valence-electron chi connectivity index (χ0n) is 8.88. The lowest BCUT2D eigenvalue weighted by atomic mass is 10.2. The quantitative estimate of drug-likeness (QED) is 0.759. The fraction of sp³-hybridized carbons (Fsp3) is 0.300. The summed E-state index contributed by atoms with van der Waals surface area (Å²) in [6, 6.07) is 4.27. The minimum Gasteiger partial charge on any atom is -0.262 e. The highest BCUT2D eigenvalue weighted by Crippen LogP contribution is 2.22. The second-order valence-electron chi connectivity index (χ2n) is 3.84. The zero-order chi connectivity index (χ0) is 11.9. The maximum Gasteiger partial charge on any atom is 0.332 e. The highest BCUT2D eigenvalue weighted by atomic mass is 32.3. The Hall–Kier alpha value is -1.43. The molecule has 16 heavy (non-hydrogen) atoms. The molecule has 2 aromatic rings. The lowest BCUT2D eigenvalue weighted by Crippen LogP contribution is -2.01. The van der Waals surface area contributed by atoms with Gasteiger partial charge in [0.2, 0.25) is 0 Å². The number of fused-ring (bicyclic) bond motifs is 1. The van der Waals surface area contributed by atoms with Crippen molar-refractivity contribution in [3.05, 3.63) is 24.4 Å². The standard InChI is InChI=1S/C10H11FN2O2S/c1-7(2)13-10-4-3-9(16(11,14)15)5-8(10)6-12-13/h3-7H,1-2H3. The van der Waals surface area contributed by atoms with Gasteiger partial charge in [0.1, 0.15) is 0 Å². The highest BCUT2D eigenvalue weighted by molar-refractivity contribution is 7.86. The van der Waals surface area contributed by atoms with Gasteiger partial charge in [0.25, 0.3) is 0 Å². The van der Waals surface area contributed by atoms with E-state index in [0.29, 0.717) is 5.39 Å². The SMILES string of the molecule is CC(C)n1ncc2cc(S(=O)(=O)F)ccc21. The molecule has 1 heterocycles. The Morgan fingerprint density at radius 1 is 1.38 bits per heavy atom. The van der Waals surface area contributed by atoms with E-state index in [2.05, 4.69) is 5.10 Å². The van der Waals surface area contributed by atoms with E-state index >= 15 is 0 Å². The molecule has 1 aromatic heterocycles. The van der Waals surface area contributed by atoms with Crippen molar-refractivity contribution >= 4 is 21.1 Å². The van der Waals surface area contributed by atoms with Crippen molar-refractivity contribution < 1.29 is 12.3 Å². The number of benzene rings is 1. The molecule has 0 bridgehead atoms. The Balaban J connectivity index is 2.67. The predicted molar refractivity (Wildman–Crippen MR) is 58.4 cm³/mol. The molecule has 0 aliphatic heterocycles. The van der Waals surface area contributed by atoms with E-state index in [1.165, 1.54) is 18.3 Å². The van der Waals surface area contributed by atoms with Crippen molar-refractivity contribution in [2.45, 2.75) is 24.8 Å². The first-order chi connectivity index (χ1) is 7.39. The predicted octanol–water partition coefficient (Wildman–Crippen LogP) is 2.28. The van der Waals surface area contributed by atoms with E-state index in [4.69, 9.17) is 0 Å². The Kier molecular flexibility index (Phi) is 2.46. The average Bonchev–Trinajstić information content (AvgIpc) is 2.58. The van der Waals surface area contributed by atoms with E-state index in [1.54, 1.807) is 10.7 Å². The molecule has 1 aromatic carbocycles. The summed E-state index contributed by atoms with van der Waals surface area (Å²) >= 11 is 0. The van der Waals surface area contributed by atoms with Gasteiger partial charge in [0.15, 0.2) is 0 Å². The molecule has 0 radical (unpaired) electrons. The first-order valence-corrected chi connectivity index (χ1v) is 6.20. The fourth-order valence-electron chi connectivity index (χ4n) is 1.59. The third-order valence-electron chi connectivity index (χ3n) is 2.34. The van der Waals surface area contributed by atoms with Crippen LogP contribution in [0.5, 0.6) is 0 Å². The van der Waals surface area contributed by atoms with Crippen LogP contribution in [-0.2, 0) is 10.2 Å². The Morgan fingerprint density at radius 2 is 2.06 bits per heavy atom. The Bertz CT molecular complexity index is 631. The van der Waals surface area contributed by atoms with E-state index in [0.717, 1.165) is 5.52 Å². The second kappa shape index (κ2) is 3.55. The minimum absolute atomic E-state index is 0.172. The van der Waals surface area contributed by atoms with Gasteiger partial charge in [0, 0.05) is 11.4 Å². The normalized spacial score (nSPS) is 12.5. The summed E-state index contributed by atoms with van der Waals surface area (Å²) in [6.07, 6.45) is 1.53. The molecule has 0 spiro atoms. The van der Waals surface area contributed by atoms with Crippen molar-refractivity contribution in [3.63, 3.8) is 0 Å². The molecule has 2 rings (SSSR count). The monoisotopic (exact) mass is 242 g/mol. The summed E-state index contributed by atoms with van der Waals surface area (Å²) in [5.74, 6) is 0. The van der Waals surface area contributed by atoms with Gasteiger partial charge in [-0.15, -0.1) is 3.89 Å². The van der Waals surface area contributed by atoms with Crippen molar-refractivity contribution in [1.82, 2.24) is 9.78 Å². The van der Waals surface area contributed by atoms with Crippen LogP contribution in [-0.4, -0.2) is 18.2 Å². The lowest BCUT2D eigenvalue weighted by molar-refractivity contribution is 0.550. The molecule has 0 N–H and O–H groups in total.